The summed E-state index contributed by atoms with van der Waals surface area (Å²) in [7, 11) is 0. The van der Waals surface area contributed by atoms with Gasteiger partial charge in [-0.2, -0.15) is 0 Å². The molecule has 0 aliphatic rings. The van der Waals surface area contributed by atoms with Crippen LogP contribution in [0.1, 0.15) is 58.4 Å². The zero-order valence-electron chi connectivity index (χ0n) is 15.6. The Labute approximate surface area is 154 Å². The van der Waals surface area contributed by atoms with Crippen molar-refractivity contribution in [3.05, 3.63) is 41.8 Å². The lowest BCUT2D eigenvalue weighted by Crippen LogP contribution is -2.46. The number of thioether (sulfide) groups is 1. The highest BCUT2D eigenvalue weighted by Gasteiger charge is 2.24. The summed E-state index contributed by atoms with van der Waals surface area (Å²) < 4.78 is 5.71. The smallest absolute Gasteiger partial charge is 0.277 e. The largest absolute Gasteiger partial charge is 0.416 e. The summed E-state index contributed by atoms with van der Waals surface area (Å²) in [6, 6.07) is 10.2. The van der Waals surface area contributed by atoms with Crippen molar-refractivity contribution in [3.8, 4) is 0 Å². The quantitative estimate of drug-likeness (QED) is 0.714. The van der Waals surface area contributed by atoms with E-state index in [4.69, 9.17) is 4.42 Å². The van der Waals surface area contributed by atoms with E-state index < -0.39 is 0 Å². The van der Waals surface area contributed by atoms with E-state index in [2.05, 4.69) is 41.5 Å². The molecular weight excluding hydrogens is 334 g/mol. The Bertz CT molecular complexity index is 685. The molecule has 0 aliphatic carbocycles. The third kappa shape index (κ3) is 5.88. The van der Waals surface area contributed by atoms with Gasteiger partial charge >= 0.3 is 0 Å². The van der Waals surface area contributed by atoms with Gasteiger partial charge in [-0.3, -0.25) is 4.79 Å². The molecule has 0 saturated heterocycles. The Morgan fingerprint density at radius 1 is 1.24 bits per heavy atom. The molecule has 0 spiro atoms. The first-order valence-electron chi connectivity index (χ1n) is 8.66. The van der Waals surface area contributed by atoms with Gasteiger partial charge in [0.05, 0.1) is 5.25 Å². The van der Waals surface area contributed by atoms with Crippen molar-refractivity contribution in [3.63, 3.8) is 0 Å². The molecule has 1 N–H and O–H groups in total. The van der Waals surface area contributed by atoms with E-state index in [1.54, 1.807) is 0 Å². The molecule has 2 rings (SSSR count). The number of aromatic nitrogens is 2. The van der Waals surface area contributed by atoms with Crippen molar-refractivity contribution >= 4 is 17.7 Å². The Morgan fingerprint density at radius 2 is 1.92 bits per heavy atom. The molecule has 6 heteroatoms. The molecule has 2 unspecified atom stereocenters. The van der Waals surface area contributed by atoms with Gasteiger partial charge in [0.15, 0.2) is 0 Å². The van der Waals surface area contributed by atoms with Gasteiger partial charge in [-0.1, -0.05) is 55.9 Å². The predicted octanol–water partition coefficient (Wildman–Crippen LogP) is 4.20. The molecule has 2 atom stereocenters. The lowest BCUT2D eigenvalue weighted by atomic mass is 9.98. The monoisotopic (exact) mass is 361 g/mol. The van der Waals surface area contributed by atoms with Gasteiger partial charge < -0.3 is 9.73 Å². The van der Waals surface area contributed by atoms with Crippen LogP contribution >= 0.6 is 11.8 Å². The van der Waals surface area contributed by atoms with Gasteiger partial charge in [0, 0.05) is 12.0 Å². The van der Waals surface area contributed by atoms with Crippen LogP contribution in [-0.4, -0.2) is 26.9 Å². The lowest BCUT2D eigenvalue weighted by molar-refractivity contribution is -0.121. The third-order valence-corrected chi connectivity index (χ3v) is 5.22. The number of benzene rings is 1. The summed E-state index contributed by atoms with van der Waals surface area (Å²) in [4.78, 5) is 12.3. The van der Waals surface area contributed by atoms with Gasteiger partial charge in [-0.05, 0) is 38.7 Å². The molecule has 0 aliphatic heterocycles. The number of hydrogen-bond acceptors (Lipinski definition) is 5. The van der Waals surface area contributed by atoms with Gasteiger partial charge in [0.1, 0.15) is 0 Å². The first-order chi connectivity index (χ1) is 11.8. The zero-order valence-corrected chi connectivity index (χ0v) is 16.4. The molecule has 136 valence electrons. The van der Waals surface area contributed by atoms with E-state index in [0.29, 0.717) is 23.5 Å². The topological polar surface area (TPSA) is 68.0 Å². The van der Waals surface area contributed by atoms with Crippen molar-refractivity contribution < 1.29 is 9.21 Å². The Balaban J connectivity index is 1.91. The number of nitrogens with zero attached hydrogens (tertiary/aromatic N) is 2. The normalized spacial score (nSPS) is 14.1. The Hall–Kier alpha value is -1.82. The van der Waals surface area contributed by atoms with Crippen molar-refractivity contribution in [2.75, 3.05) is 0 Å². The van der Waals surface area contributed by atoms with Gasteiger partial charge in [-0.25, -0.2) is 0 Å². The molecule has 5 nitrogen and oxygen atoms in total. The average molecular weight is 362 g/mol. The van der Waals surface area contributed by atoms with Crippen LogP contribution in [0.3, 0.4) is 0 Å². The highest BCUT2D eigenvalue weighted by atomic mass is 32.2. The van der Waals surface area contributed by atoms with Crippen LogP contribution in [0.25, 0.3) is 0 Å². The van der Waals surface area contributed by atoms with Gasteiger partial charge in [-0.15, -0.1) is 10.2 Å². The number of amides is 1. The van der Waals surface area contributed by atoms with Gasteiger partial charge in [0.2, 0.25) is 11.8 Å². The van der Waals surface area contributed by atoms with E-state index in [-0.39, 0.29) is 16.7 Å². The minimum atomic E-state index is -0.286. The van der Waals surface area contributed by atoms with Crippen molar-refractivity contribution in [2.45, 2.75) is 69.4 Å². The second-order valence-corrected chi connectivity index (χ2v) is 8.26. The summed E-state index contributed by atoms with van der Waals surface area (Å²) in [6.45, 7) is 10.1. The maximum atomic E-state index is 12.3. The first-order valence-corrected chi connectivity index (χ1v) is 9.54. The fourth-order valence-electron chi connectivity index (χ4n) is 2.26. The van der Waals surface area contributed by atoms with Crippen LogP contribution in [0.2, 0.25) is 0 Å². The van der Waals surface area contributed by atoms with Crippen LogP contribution in [0.4, 0.5) is 0 Å². The highest BCUT2D eigenvalue weighted by Crippen LogP contribution is 2.25. The van der Waals surface area contributed by atoms with E-state index in [0.717, 1.165) is 6.42 Å². The molecule has 25 heavy (non-hydrogen) atoms. The zero-order chi connectivity index (χ0) is 18.4. The SMILES string of the molecule is CCC(C)(C)NC(=O)C(C)Sc1nnc(CC(C)c2ccccc2)o1. The highest BCUT2D eigenvalue weighted by molar-refractivity contribution is 8.00. The van der Waals surface area contributed by atoms with Crippen molar-refractivity contribution in [1.82, 2.24) is 15.5 Å². The summed E-state index contributed by atoms with van der Waals surface area (Å²) >= 11 is 1.29. The van der Waals surface area contributed by atoms with Crippen molar-refractivity contribution in [2.24, 2.45) is 0 Å². The minimum absolute atomic E-state index is 0.0192. The molecule has 0 bridgehead atoms. The number of rotatable bonds is 8. The van der Waals surface area contributed by atoms with Crippen LogP contribution in [-0.2, 0) is 11.2 Å². The average Bonchev–Trinajstić information content (AvgIpc) is 3.02. The van der Waals surface area contributed by atoms with Crippen LogP contribution in [0.5, 0.6) is 0 Å². The summed E-state index contributed by atoms with van der Waals surface area (Å²) in [5, 5.41) is 11.4. The summed E-state index contributed by atoms with van der Waals surface area (Å²) in [5.74, 6) is 0.875. The van der Waals surface area contributed by atoms with Crippen LogP contribution in [0.15, 0.2) is 40.0 Å². The van der Waals surface area contributed by atoms with Crippen LogP contribution in [0, 0.1) is 0 Å². The van der Waals surface area contributed by atoms with Crippen molar-refractivity contribution in [1.29, 1.82) is 0 Å². The summed E-state index contributed by atoms with van der Waals surface area (Å²) in [6.07, 6.45) is 1.55. The number of carbonyl (C=O) groups is 1. The Morgan fingerprint density at radius 3 is 2.56 bits per heavy atom. The van der Waals surface area contributed by atoms with Gasteiger partial charge in [0.25, 0.3) is 5.22 Å². The maximum absolute atomic E-state index is 12.3. The van der Waals surface area contributed by atoms with Crippen LogP contribution < -0.4 is 5.32 Å². The second-order valence-electron chi connectivity index (χ2n) is 6.96. The fourth-order valence-corrected chi connectivity index (χ4v) is 2.96. The molecule has 0 fully saturated rings. The second kappa shape index (κ2) is 8.52. The number of nitrogens with one attached hydrogen (secondary N) is 1. The van der Waals surface area contributed by atoms with E-state index >= 15 is 0 Å². The third-order valence-electron chi connectivity index (χ3n) is 4.29. The number of hydrogen-bond donors (Lipinski definition) is 1. The van der Waals surface area contributed by atoms with E-state index in [1.807, 2.05) is 39.0 Å². The number of carbonyl (C=O) groups excluding carboxylic acids is 1. The predicted molar refractivity (Wildman–Crippen MR) is 101 cm³/mol. The molecule has 2 aromatic rings. The fraction of sp³-hybridized carbons (Fsp3) is 0.526. The lowest BCUT2D eigenvalue weighted by Gasteiger charge is -2.25. The molecule has 0 radical (unpaired) electrons. The molecule has 0 saturated carbocycles. The summed E-state index contributed by atoms with van der Waals surface area (Å²) in [5.41, 5.74) is 1.03. The molecule has 1 amide bonds. The standard InChI is InChI=1S/C19H27N3O2S/c1-6-19(4,5)20-17(23)14(3)25-18-22-21-16(24-18)12-13(2)15-10-8-7-9-11-15/h7-11,13-14H,6,12H2,1-5H3,(H,20,23). The molecule has 1 aromatic carbocycles. The molecule has 1 heterocycles. The minimum Gasteiger partial charge on any atom is -0.416 e. The van der Waals surface area contributed by atoms with E-state index in [9.17, 15) is 4.79 Å². The Kier molecular flexibility index (Phi) is 6.64. The van der Waals surface area contributed by atoms with E-state index in [1.165, 1.54) is 17.3 Å². The molecular formula is C19H27N3O2S. The molecule has 1 aromatic heterocycles. The maximum Gasteiger partial charge on any atom is 0.277 e. The first kappa shape index (κ1) is 19.5.